The lowest BCUT2D eigenvalue weighted by Crippen LogP contribution is -2.45. The van der Waals surface area contributed by atoms with E-state index >= 15 is 0 Å². The average Bonchev–Trinajstić information content (AvgIpc) is 2.41. The van der Waals surface area contributed by atoms with E-state index in [2.05, 4.69) is 4.90 Å². The van der Waals surface area contributed by atoms with Crippen molar-refractivity contribution in [2.24, 2.45) is 0 Å². The van der Waals surface area contributed by atoms with E-state index in [4.69, 9.17) is 5.26 Å². The van der Waals surface area contributed by atoms with Gasteiger partial charge < -0.3 is 5.11 Å². The van der Waals surface area contributed by atoms with Crippen molar-refractivity contribution < 1.29 is 9.50 Å². The van der Waals surface area contributed by atoms with Crippen LogP contribution < -0.4 is 0 Å². The minimum atomic E-state index is -0.383. The summed E-state index contributed by atoms with van der Waals surface area (Å²) >= 11 is 0. The van der Waals surface area contributed by atoms with Crippen molar-refractivity contribution >= 4 is 0 Å². The maximum absolute atomic E-state index is 13.1. The molecule has 3 nitrogen and oxygen atoms in total. The summed E-state index contributed by atoms with van der Waals surface area (Å²) in [5.41, 5.74) is 1.21. The van der Waals surface area contributed by atoms with E-state index in [1.807, 2.05) is 6.07 Å². The smallest absolute Gasteiger partial charge is 0.124 e. The molecule has 1 aromatic rings. The fourth-order valence-corrected chi connectivity index (χ4v) is 2.77. The lowest BCUT2D eigenvalue weighted by molar-refractivity contribution is 0.0316. The third kappa shape index (κ3) is 3.31. The Balaban J connectivity index is 2.17. The molecule has 0 saturated carbocycles. The van der Waals surface area contributed by atoms with Gasteiger partial charge in [-0.3, -0.25) is 4.90 Å². The van der Waals surface area contributed by atoms with Gasteiger partial charge in [0.25, 0.3) is 0 Å². The monoisotopic (exact) mass is 262 g/mol. The molecule has 1 aliphatic heterocycles. The molecule has 0 radical (unpaired) electrons. The second kappa shape index (κ2) is 6.14. The SMILES string of the molecule is C[C@@H](O)[C@@H]1CCCCN1Cc1ccc(F)cc1C#N. The molecular weight excluding hydrogens is 243 g/mol. The Kier molecular flexibility index (Phi) is 4.52. The number of rotatable bonds is 3. The standard InChI is InChI=1S/C15H19FN2O/c1-11(19)15-4-2-3-7-18(15)10-12-5-6-14(16)8-13(12)9-17/h5-6,8,11,15,19H,2-4,7,10H2,1H3/t11-,15+/m1/s1. The molecule has 19 heavy (non-hydrogen) atoms. The van der Waals surface area contributed by atoms with Crippen LogP contribution in [0.1, 0.15) is 37.3 Å². The number of piperidine rings is 1. The first kappa shape index (κ1) is 14.0. The van der Waals surface area contributed by atoms with Gasteiger partial charge >= 0.3 is 0 Å². The summed E-state index contributed by atoms with van der Waals surface area (Å²) in [6, 6.07) is 6.50. The lowest BCUT2D eigenvalue weighted by Gasteiger charge is -2.37. The normalized spacial score (nSPS) is 21.9. The molecule has 0 unspecified atom stereocenters. The Hall–Kier alpha value is -1.44. The van der Waals surface area contributed by atoms with E-state index in [0.717, 1.165) is 31.4 Å². The minimum absolute atomic E-state index is 0.130. The highest BCUT2D eigenvalue weighted by Crippen LogP contribution is 2.23. The van der Waals surface area contributed by atoms with Crippen LogP contribution in [0.2, 0.25) is 0 Å². The molecule has 0 bridgehead atoms. The Bertz CT molecular complexity index is 482. The van der Waals surface area contributed by atoms with E-state index in [9.17, 15) is 9.50 Å². The number of nitriles is 1. The Labute approximate surface area is 113 Å². The van der Waals surface area contributed by atoms with Crippen LogP contribution in [0.25, 0.3) is 0 Å². The van der Waals surface area contributed by atoms with Crippen LogP contribution in [-0.4, -0.2) is 28.7 Å². The zero-order valence-corrected chi connectivity index (χ0v) is 11.1. The molecular formula is C15H19FN2O. The molecule has 1 fully saturated rings. The topological polar surface area (TPSA) is 47.3 Å². The van der Waals surface area contributed by atoms with Crippen LogP contribution in [0.5, 0.6) is 0 Å². The molecule has 1 aromatic carbocycles. The summed E-state index contributed by atoms with van der Waals surface area (Å²) in [7, 11) is 0. The molecule has 0 aromatic heterocycles. The van der Waals surface area contributed by atoms with Gasteiger partial charge in [-0.25, -0.2) is 4.39 Å². The third-order valence-electron chi connectivity index (χ3n) is 3.79. The molecule has 1 aliphatic rings. The van der Waals surface area contributed by atoms with Gasteiger partial charge in [-0.2, -0.15) is 5.26 Å². The number of hydrogen-bond donors (Lipinski definition) is 1. The number of nitrogens with zero attached hydrogens (tertiary/aromatic N) is 2. The van der Waals surface area contributed by atoms with Crippen molar-refractivity contribution in [3.05, 3.63) is 35.1 Å². The fraction of sp³-hybridized carbons (Fsp3) is 0.533. The van der Waals surface area contributed by atoms with Crippen LogP contribution in [0.15, 0.2) is 18.2 Å². The first-order chi connectivity index (χ1) is 9.11. The summed E-state index contributed by atoms with van der Waals surface area (Å²) in [6.45, 7) is 3.31. The van der Waals surface area contributed by atoms with Crippen molar-refractivity contribution in [1.29, 1.82) is 5.26 Å². The van der Waals surface area contributed by atoms with Gasteiger partial charge in [-0.15, -0.1) is 0 Å². The van der Waals surface area contributed by atoms with Gasteiger partial charge in [0, 0.05) is 12.6 Å². The third-order valence-corrected chi connectivity index (χ3v) is 3.79. The van der Waals surface area contributed by atoms with Gasteiger partial charge in [0.15, 0.2) is 0 Å². The molecule has 102 valence electrons. The van der Waals surface area contributed by atoms with Crippen LogP contribution in [0.4, 0.5) is 4.39 Å². The average molecular weight is 262 g/mol. The number of hydrogen-bond acceptors (Lipinski definition) is 3. The number of likely N-dealkylation sites (tertiary alicyclic amines) is 1. The van der Waals surface area contributed by atoms with Crippen molar-refractivity contribution in [2.45, 2.75) is 44.9 Å². The zero-order valence-electron chi connectivity index (χ0n) is 11.1. The van der Waals surface area contributed by atoms with Crippen molar-refractivity contribution in [2.75, 3.05) is 6.54 Å². The summed E-state index contributed by atoms with van der Waals surface area (Å²) in [5, 5.41) is 18.9. The summed E-state index contributed by atoms with van der Waals surface area (Å²) in [5.74, 6) is -0.383. The highest BCUT2D eigenvalue weighted by atomic mass is 19.1. The molecule has 1 saturated heterocycles. The predicted octanol–water partition coefficient (Wildman–Crippen LogP) is 2.43. The van der Waals surface area contributed by atoms with Crippen LogP contribution >= 0.6 is 0 Å². The molecule has 1 N–H and O–H groups in total. The quantitative estimate of drug-likeness (QED) is 0.910. The lowest BCUT2D eigenvalue weighted by atomic mass is 9.96. The van der Waals surface area contributed by atoms with E-state index in [0.29, 0.717) is 12.1 Å². The second-order valence-electron chi connectivity index (χ2n) is 5.19. The summed E-state index contributed by atoms with van der Waals surface area (Å²) < 4.78 is 13.1. The molecule has 0 aliphatic carbocycles. The summed E-state index contributed by atoms with van der Waals surface area (Å²) in [6.07, 6.45) is 2.82. The predicted molar refractivity (Wildman–Crippen MR) is 70.8 cm³/mol. The van der Waals surface area contributed by atoms with Crippen LogP contribution in [-0.2, 0) is 6.54 Å². The van der Waals surface area contributed by atoms with Gasteiger partial charge in [-0.1, -0.05) is 12.5 Å². The van der Waals surface area contributed by atoms with Crippen molar-refractivity contribution in [3.8, 4) is 6.07 Å². The van der Waals surface area contributed by atoms with Crippen molar-refractivity contribution in [3.63, 3.8) is 0 Å². The van der Waals surface area contributed by atoms with Gasteiger partial charge in [0.2, 0.25) is 0 Å². The summed E-state index contributed by atoms with van der Waals surface area (Å²) in [4.78, 5) is 2.20. The van der Waals surface area contributed by atoms with E-state index < -0.39 is 0 Å². The van der Waals surface area contributed by atoms with Crippen LogP contribution in [0, 0.1) is 17.1 Å². The van der Waals surface area contributed by atoms with Gasteiger partial charge in [0.1, 0.15) is 5.82 Å². The molecule has 1 heterocycles. The molecule has 2 atom stereocenters. The highest BCUT2D eigenvalue weighted by Gasteiger charge is 2.26. The number of aliphatic hydroxyl groups excluding tert-OH is 1. The minimum Gasteiger partial charge on any atom is -0.392 e. The maximum atomic E-state index is 13.1. The first-order valence-corrected chi connectivity index (χ1v) is 6.72. The number of benzene rings is 1. The molecule has 4 heteroatoms. The Morgan fingerprint density at radius 2 is 2.32 bits per heavy atom. The van der Waals surface area contributed by atoms with Gasteiger partial charge in [0.05, 0.1) is 17.7 Å². The first-order valence-electron chi connectivity index (χ1n) is 6.72. The number of halogens is 1. The van der Waals surface area contributed by atoms with E-state index in [1.54, 1.807) is 13.0 Å². The second-order valence-corrected chi connectivity index (χ2v) is 5.19. The maximum Gasteiger partial charge on any atom is 0.124 e. The highest BCUT2D eigenvalue weighted by molar-refractivity contribution is 5.37. The Morgan fingerprint density at radius 3 is 3.00 bits per heavy atom. The molecule has 0 amide bonds. The zero-order chi connectivity index (χ0) is 13.8. The van der Waals surface area contributed by atoms with Crippen LogP contribution in [0.3, 0.4) is 0 Å². The van der Waals surface area contributed by atoms with E-state index in [1.165, 1.54) is 12.1 Å². The largest absolute Gasteiger partial charge is 0.392 e. The number of aliphatic hydroxyl groups is 1. The molecule has 0 spiro atoms. The van der Waals surface area contributed by atoms with E-state index in [-0.39, 0.29) is 18.0 Å². The fourth-order valence-electron chi connectivity index (χ4n) is 2.77. The van der Waals surface area contributed by atoms with Crippen molar-refractivity contribution in [1.82, 2.24) is 4.90 Å². The van der Waals surface area contributed by atoms with Gasteiger partial charge in [-0.05, 0) is 44.0 Å². The Morgan fingerprint density at radius 1 is 1.53 bits per heavy atom. The molecule has 2 rings (SSSR count).